The number of carbonyl (C=O) groups is 1. The van der Waals surface area contributed by atoms with E-state index in [1.54, 1.807) is 13.1 Å². The molecule has 1 aromatic heterocycles. The summed E-state index contributed by atoms with van der Waals surface area (Å²) in [5.74, 6) is -0.244. The fraction of sp³-hybridized carbons (Fsp3) is 0.556. The molecule has 0 saturated heterocycles. The summed E-state index contributed by atoms with van der Waals surface area (Å²) in [5.41, 5.74) is 0.507. The van der Waals surface area contributed by atoms with E-state index in [0.29, 0.717) is 5.69 Å². The zero-order valence-corrected chi connectivity index (χ0v) is 8.71. The summed E-state index contributed by atoms with van der Waals surface area (Å²) in [6.45, 7) is 1.37. The van der Waals surface area contributed by atoms with E-state index in [4.69, 9.17) is 0 Å². The summed E-state index contributed by atoms with van der Waals surface area (Å²) in [4.78, 5) is 10.6. The first kappa shape index (κ1) is 11.7. The van der Waals surface area contributed by atoms with Crippen molar-refractivity contribution in [2.75, 3.05) is 6.54 Å². The number of nitrogens with zero attached hydrogens (tertiary/aromatic N) is 2. The molecule has 0 aliphatic carbocycles. The van der Waals surface area contributed by atoms with Crippen LogP contribution in [0.1, 0.15) is 18.7 Å². The number of aliphatic hydroxyl groups is 2. The molecular formula is C9H15N3O3. The highest BCUT2D eigenvalue weighted by atomic mass is 16.3. The maximum absolute atomic E-state index is 10.6. The molecule has 0 spiro atoms. The molecule has 1 aromatic rings. The predicted octanol–water partition coefficient (Wildman–Crippen LogP) is -1.05. The maximum atomic E-state index is 10.6. The van der Waals surface area contributed by atoms with Gasteiger partial charge in [0.15, 0.2) is 0 Å². The largest absolute Gasteiger partial charge is 0.388 e. The Hall–Kier alpha value is -1.40. The number of carbonyl (C=O) groups excluding carboxylic acids is 1. The van der Waals surface area contributed by atoms with Crippen LogP contribution < -0.4 is 5.32 Å². The first-order chi connectivity index (χ1) is 7.02. The van der Waals surface area contributed by atoms with Crippen LogP contribution in [0.2, 0.25) is 0 Å². The van der Waals surface area contributed by atoms with Gasteiger partial charge in [0.1, 0.15) is 12.2 Å². The molecule has 6 nitrogen and oxygen atoms in total. The fourth-order valence-corrected chi connectivity index (χ4v) is 1.23. The molecule has 6 heteroatoms. The average molecular weight is 213 g/mol. The lowest BCUT2D eigenvalue weighted by atomic mass is 10.1. The molecule has 15 heavy (non-hydrogen) atoms. The third-order valence-corrected chi connectivity index (χ3v) is 2.09. The number of aliphatic hydroxyl groups excluding tert-OH is 2. The molecule has 0 bridgehead atoms. The Morgan fingerprint density at radius 1 is 1.67 bits per heavy atom. The minimum Gasteiger partial charge on any atom is -0.388 e. The quantitative estimate of drug-likeness (QED) is 0.595. The lowest BCUT2D eigenvalue weighted by molar-refractivity contribution is -0.119. The van der Waals surface area contributed by atoms with Crippen LogP contribution in [0.25, 0.3) is 0 Å². The van der Waals surface area contributed by atoms with Gasteiger partial charge in [-0.05, 0) is 6.07 Å². The van der Waals surface area contributed by atoms with E-state index >= 15 is 0 Å². The predicted molar refractivity (Wildman–Crippen MR) is 52.9 cm³/mol. The van der Waals surface area contributed by atoms with Crippen molar-refractivity contribution < 1.29 is 15.0 Å². The van der Waals surface area contributed by atoms with Crippen LogP contribution in [0, 0.1) is 0 Å². The number of nitrogens with one attached hydrogen (secondary N) is 1. The fourth-order valence-electron chi connectivity index (χ4n) is 1.23. The van der Waals surface area contributed by atoms with Gasteiger partial charge in [-0.3, -0.25) is 9.48 Å². The van der Waals surface area contributed by atoms with Gasteiger partial charge >= 0.3 is 0 Å². The molecule has 0 aliphatic rings. The standard InChI is InChI=1S/C9H15N3O3/c1-6(13)10-5-8(14)9(15)7-3-4-11-12(7)2/h3-4,8-9,14-15H,5H2,1-2H3,(H,10,13). The van der Waals surface area contributed by atoms with Crippen LogP contribution in [0.4, 0.5) is 0 Å². The van der Waals surface area contributed by atoms with Gasteiger partial charge in [-0.1, -0.05) is 0 Å². The molecule has 0 aliphatic heterocycles. The van der Waals surface area contributed by atoms with E-state index in [1.807, 2.05) is 0 Å². The van der Waals surface area contributed by atoms with Gasteiger partial charge < -0.3 is 15.5 Å². The Morgan fingerprint density at radius 3 is 2.80 bits per heavy atom. The van der Waals surface area contributed by atoms with Crippen molar-refractivity contribution >= 4 is 5.91 Å². The highest BCUT2D eigenvalue weighted by Crippen LogP contribution is 2.14. The summed E-state index contributed by atoms with van der Waals surface area (Å²) in [7, 11) is 1.67. The van der Waals surface area contributed by atoms with Crippen LogP contribution in [0.5, 0.6) is 0 Å². The number of aryl methyl sites for hydroxylation is 1. The van der Waals surface area contributed by atoms with Gasteiger partial charge in [-0.15, -0.1) is 0 Å². The van der Waals surface area contributed by atoms with E-state index in [1.165, 1.54) is 17.8 Å². The Bertz CT molecular complexity index is 337. The van der Waals surface area contributed by atoms with Crippen molar-refractivity contribution in [1.29, 1.82) is 0 Å². The lowest BCUT2D eigenvalue weighted by Crippen LogP contribution is -2.34. The number of amides is 1. The maximum Gasteiger partial charge on any atom is 0.216 e. The zero-order chi connectivity index (χ0) is 11.4. The van der Waals surface area contributed by atoms with Crippen molar-refractivity contribution in [3.05, 3.63) is 18.0 Å². The summed E-state index contributed by atoms with van der Waals surface area (Å²) < 4.78 is 1.47. The topological polar surface area (TPSA) is 87.4 Å². The zero-order valence-electron chi connectivity index (χ0n) is 8.71. The molecular weight excluding hydrogens is 198 g/mol. The van der Waals surface area contributed by atoms with Crippen molar-refractivity contribution in [3.8, 4) is 0 Å². The molecule has 2 unspecified atom stereocenters. The van der Waals surface area contributed by atoms with Gasteiger partial charge in [0, 0.05) is 26.7 Å². The minimum atomic E-state index is -1.05. The molecule has 1 rings (SSSR count). The van der Waals surface area contributed by atoms with E-state index < -0.39 is 12.2 Å². The normalized spacial score (nSPS) is 14.7. The molecule has 0 aromatic carbocycles. The monoisotopic (exact) mass is 213 g/mol. The number of hydrogen-bond donors (Lipinski definition) is 3. The highest BCUT2D eigenvalue weighted by Gasteiger charge is 2.20. The Kier molecular flexibility index (Phi) is 3.81. The Morgan fingerprint density at radius 2 is 2.33 bits per heavy atom. The van der Waals surface area contributed by atoms with E-state index in [-0.39, 0.29) is 12.5 Å². The van der Waals surface area contributed by atoms with Gasteiger partial charge in [0.05, 0.1) is 5.69 Å². The van der Waals surface area contributed by atoms with Crippen LogP contribution >= 0.6 is 0 Å². The second-order valence-corrected chi connectivity index (χ2v) is 3.33. The molecule has 1 heterocycles. The summed E-state index contributed by atoms with van der Waals surface area (Å²) in [5, 5.41) is 25.6. The third-order valence-electron chi connectivity index (χ3n) is 2.09. The smallest absolute Gasteiger partial charge is 0.216 e. The summed E-state index contributed by atoms with van der Waals surface area (Å²) in [6, 6.07) is 1.61. The van der Waals surface area contributed by atoms with Crippen LogP contribution in [-0.2, 0) is 11.8 Å². The molecule has 0 saturated carbocycles. The van der Waals surface area contributed by atoms with E-state index in [2.05, 4.69) is 10.4 Å². The van der Waals surface area contributed by atoms with Crippen LogP contribution in [-0.4, -0.2) is 38.5 Å². The van der Waals surface area contributed by atoms with Crippen LogP contribution in [0.15, 0.2) is 12.3 Å². The van der Waals surface area contributed by atoms with E-state index in [9.17, 15) is 15.0 Å². The van der Waals surface area contributed by atoms with Crippen molar-refractivity contribution in [2.45, 2.75) is 19.1 Å². The van der Waals surface area contributed by atoms with Crippen molar-refractivity contribution in [1.82, 2.24) is 15.1 Å². The molecule has 84 valence electrons. The van der Waals surface area contributed by atoms with Gasteiger partial charge in [0.25, 0.3) is 0 Å². The van der Waals surface area contributed by atoms with Crippen LogP contribution in [0.3, 0.4) is 0 Å². The van der Waals surface area contributed by atoms with Gasteiger partial charge in [-0.2, -0.15) is 5.10 Å². The van der Waals surface area contributed by atoms with Gasteiger partial charge in [0.2, 0.25) is 5.91 Å². The van der Waals surface area contributed by atoms with Crippen molar-refractivity contribution in [2.24, 2.45) is 7.05 Å². The minimum absolute atomic E-state index is 0.0156. The molecule has 0 radical (unpaired) electrons. The average Bonchev–Trinajstić information content (AvgIpc) is 2.59. The Balaban J connectivity index is 2.57. The summed E-state index contributed by atoms with van der Waals surface area (Å²) in [6.07, 6.45) is -0.558. The number of rotatable bonds is 4. The number of aromatic nitrogens is 2. The van der Waals surface area contributed by atoms with Crippen molar-refractivity contribution in [3.63, 3.8) is 0 Å². The molecule has 0 fully saturated rings. The first-order valence-electron chi connectivity index (χ1n) is 4.61. The lowest BCUT2D eigenvalue weighted by Gasteiger charge is -2.17. The third kappa shape index (κ3) is 3.03. The first-order valence-corrected chi connectivity index (χ1v) is 4.61. The molecule has 1 amide bonds. The number of hydrogen-bond acceptors (Lipinski definition) is 4. The Labute approximate surface area is 87.5 Å². The SMILES string of the molecule is CC(=O)NCC(O)C(O)c1ccnn1C. The summed E-state index contributed by atoms with van der Waals surface area (Å²) >= 11 is 0. The highest BCUT2D eigenvalue weighted by molar-refractivity contribution is 5.72. The second-order valence-electron chi connectivity index (χ2n) is 3.33. The van der Waals surface area contributed by atoms with E-state index in [0.717, 1.165) is 0 Å². The second kappa shape index (κ2) is 4.90. The van der Waals surface area contributed by atoms with Gasteiger partial charge in [-0.25, -0.2) is 0 Å². The molecule has 2 atom stereocenters. The molecule has 3 N–H and O–H groups in total.